The Balaban J connectivity index is 2.22. The molecule has 1 aliphatic heterocycles. The van der Waals surface area contributed by atoms with E-state index in [1.165, 1.54) is 5.56 Å². The van der Waals surface area contributed by atoms with Crippen molar-refractivity contribution in [3.63, 3.8) is 0 Å². The molecule has 1 aliphatic rings. The summed E-state index contributed by atoms with van der Waals surface area (Å²) < 4.78 is 5.64. The highest BCUT2D eigenvalue weighted by atomic mass is 16.5. The van der Waals surface area contributed by atoms with Crippen molar-refractivity contribution in [2.45, 2.75) is 46.1 Å². The first-order valence-corrected chi connectivity index (χ1v) is 6.27. The molecule has 0 saturated heterocycles. The van der Waals surface area contributed by atoms with Crippen LogP contribution in [0, 0.1) is 5.92 Å². The lowest BCUT2D eigenvalue weighted by atomic mass is 9.96. The fourth-order valence-electron chi connectivity index (χ4n) is 2.10. The summed E-state index contributed by atoms with van der Waals surface area (Å²) in [6.45, 7) is 8.07. The Bertz CT molecular complexity index is 444. The lowest BCUT2D eigenvalue weighted by Gasteiger charge is -2.14. The SMILES string of the molecule is CC(C)CCc1ccc2c(c1)C(=O)C(C)(C)O2. The molecule has 2 nitrogen and oxygen atoms in total. The minimum Gasteiger partial charge on any atom is -0.479 e. The number of aryl methyl sites for hydroxylation is 1. The molecule has 0 radical (unpaired) electrons. The Labute approximate surface area is 103 Å². The zero-order valence-electron chi connectivity index (χ0n) is 11.0. The van der Waals surface area contributed by atoms with E-state index in [0.717, 1.165) is 24.2 Å². The zero-order valence-corrected chi connectivity index (χ0v) is 11.0. The van der Waals surface area contributed by atoms with Crippen LogP contribution in [0.2, 0.25) is 0 Å². The van der Waals surface area contributed by atoms with Crippen LogP contribution in [0.1, 0.15) is 50.0 Å². The smallest absolute Gasteiger partial charge is 0.209 e. The van der Waals surface area contributed by atoms with Crippen molar-refractivity contribution in [3.05, 3.63) is 29.3 Å². The van der Waals surface area contributed by atoms with Crippen molar-refractivity contribution in [3.8, 4) is 5.75 Å². The average molecular weight is 232 g/mol. The number of ketones is 1. The molecule has 92 valence electrons. The van der Waals surface area contributed by atoms with Crippen LogP contribution in [-0.2, 0) is 6.42 Å². The summed E-state index contributed by atoms with van der Waals surface area (Å²) in [5.74, 6) is 1.51. The lowest BCUT2D eigenvalue weighted by Crippen LogP contribution is -2.31. The van der Waals surface area contributed by atoms with Crippen LogP contribution in [0.3, 0.4) is 0 Å². The Hall–Kier alpha value is -1.31. The van der Waals surface area contributed by atoms with Crippen LogP contribution in [0.15, 0.2) is 18.2 Å². The van der Waals surface area contributed by atoms with Gasteiger partial charge in [0.05, 0.1) is 5.56 Å². The molecule has 17 heavy (non-hydrogen) atoms. The summed E-state index contributed by atoms with van der Waals surface area (Å²) in [6.07, 6.45) is 2.18. The second-order valence-corrected chi connectivity index (χ2v) is 5.70. The highest BCUT2D eigenvalue weighted by Crippen LogP contribution is 2.35. The van der Waals surface area contributed by atoms with Gasteiger partial charge in [0, 0.05) is 0 Å². The fraction of sp³-hybridized carbons (Fsp3) is 0.533. The molecule has 1 heterocycles. The van der Waals surface area contributed by atoms with Gasteiger partial charge in [-0.05, 0) is 50.3 Å². The second-order valence-electron chi connectivity index (χ2n) is 5.70. The van der Waals surface area contributed by atoms with Gasteiger partial charge in [-0.1, -0.05) is 19.9 Å². The molecular formula is C15H20O2. The molecule has 0 amide bonds. The van der Waals surface area contributed by atoms with Gasteiger partial charge >= 0.3 is 0 Å². The number of carbonyl (C=O) groups excluding carboxylic acids is 1. The van der Waals surface area contributed by atoms with Crippen LogP contribution in [-0.4, -0.2) is 11.4 Å². The largest absolute Gasteiger partial charge is 0.479 e. The van der Waals surface area contributed by atoms with E-state index in [1.54, 1.807) is 0 Å². The molecule has 0 saturated carbocycles. The summed E-state index contributed by atoms with van der Waals surface area (Å²) in [6, 6.07) is 5.99. The van der Waals surface area contributed by atoms with Crippen LogP contribution in [0.5, 0.6) is 5.75 Å². The molecule has 1 aromatic rings. The number of hydrogen-bond donors (Lipinski definition) is 0. The van der Waals surface area contributed by atoms with E-state index >= 15 is 0 Å². The van der Waals surface area contributed by atoms with Crippen molar-refractivity contribution < 1.29 is 9.53 Å². The number of hydrogen-bond acceptors (Lipinski definition) is 2. The maximum Gasteiger partial charge on any atom is 0.209 e. The molecule has 0 aliphatic carbocycles. The third-order valence-corrected chi connectivity index (χ3v) is 3.21. The minimum atomic E-state index is -0.695. The predicted octanol–water partition coefficient (Wildman–Crippen LogP) is 3.63. The molecule has 0 unspecified atom stereocenters. The van der Waals surface area contributed by atoms with Gasteiger partial charge in [0.25, 0.3) is 0 Å². The quantitative estimate of drug-likeness (QED) is 0.795. The van der Waals surface area contributed by atoms with Gasteiger partial charge in [0.15, 0.2) is 5.60 Å². The van der Waals surface area contributed by atoms with Crippen molar-refractivity contribution in [2.24, 2.45) is 5.92 Å². The summed E-state index contributed by atoms with van der Waals surface area (Å²) in [7, 11) is 0. The fourth-order valence-corrected chi connectivity index (χ4v) is 2.10. The highest BCUT2D eigenvalue weighted by molar-refractivity contribution is 6.07. The van der Waals surface area contributed by atoms with Crippen LogP contribution in [0.4, 0.5) is 0 Å². The lowest BCUT2D eigenvalue weighted by molar-refractivity contribution is 0.0684. The minimum absolute atomic E-state index is 0.0962. The van der Waals surface area contributed by atoms with Crippen molar-refractivity contribution in [1.29, 1.82) is 0 Å². The van der Waals surface area contributed by atoms with Crippen LogP contribution in [0.25, 0.3) is 0 Å². The second kappa shape index (κ2) is 4.17. The maximum absolute atomic E-state index is 12.1. The standard InChI is InChI=1S/C15H20O2/c1-10(2)5-6-11-7-8-13-12(9-11)14(16)15(3,4)17-13/h7-10H,5-6H2,1-4H3. The maximum atomic E-state index is 12.1. The van der Waals surface area contributed by atoms with Gasteiger partial charge in [0.2, 0.25) is 5.78 Å². The molecule has 0 bridgehead atoms. The predicted molar refractivity (Wildman–Crippen MR) is 68.6 cm³/mol. The van der Waals surface area contributed by atoms with Crippen molar-refractivity contribution in [1.82, 2.24) is 0 Å². The average Bonchev–Trinajstić information content (AvgIpc) is 2.47. The summed E-state index contributed by atoms with van der Waals surface area (Å²) in [5, 5.41) is 0. The van der Waals surface area contributed by atoms with Gasteiger partial charge < -0.3 is 4.74 Å². The van der Waals surface area contributed by atoms with E-state index in [1.807, 2.05) is 26.0 Å². The Kier molecular flexibility index (Phi) is 2.98. The number of fused-ring (bicyclic) bond motifs is 1. The monoisotopic (exact) mass is 232 g/mol. The molecule has 1 aromatic carbocycles. The highest BCUT2D eigenvalue weighted by Gasteiger charge is 2.39. The van der Waals surface area contributed by atoms with E-state index in [0.29, 0.717) is 5.92 Å². The number of Topliss-reactive ketones (excluding diaryl/α,β-unsaturated/α-hetero) is 1. The van der Waals surface area contributed by atoms with Crippen LogP contribution < -0.4 is 4.74 Å². The summed E-state index contributed by atoms with van der Waals surface area (Å²) in [5.41, 5.74) is 1.28. The van der Waals surface area contributed by atoms with Gasteiger partial charge in [0.1, 0.15) is 5.75 Å². The number of rotatable bonds is 3. The first-order chi connectivity index (χ1) is 7.90. The molecule has 0 N–H and O–H groups in total. The molecule has 0 aromatic heterocycles. The first kappa shape index (κ1) is 12.2. The van der Waals surface area contributed by atoms with E-state index in [9.17, 15) is 4.79 Å². The van der Waals surface area contributed by atoms with E-state index in [2.05, 4.69) is 19.9 Å². The number of carbonyl (C=O) groups is 1. The zero-order chi connectivity index (χ0) is 12.6. The van der Waals surface area contributed by atoms with E-state index in [4.69, 9.17) is 4.74 Å². The molecule has 0 fully saturated rings. The number of ether oxygens (including phenoxy) is 1. The molecule has 0 spiro atoms. The third kappa shape index (κ3) is 2.36. The van der Waals surface area contributed by atoms with Gasteiger partial charge in [-0.3, -0.25) is 4.79 Å². The van der Waals surface area contributed by atoms with Crippen molar-refractivity contribution >= 4 is 5.78 Å². The Morgan fingerprint density at radius 1 is 1.29 bits per heavy atom. The Morgan fingerprint density at radius 3 is 2.65 bits per heavy atom. The van der Waals surface area contributed by atoms with Gasteiger partial charge in [-0.15, -0.1) is 0 Å². The van der Waals surface area contributed by atoms with E-state index < -0.39 is 5.60 Å². The normalized spacial score (nSPS) is 17.1. The van der Waals surface area contributed by atoms with Gasteiger partial charge in [-0.25, -0.2) is 0 Å². The summed E-state index contributed by atoms with van der Waals surface area (Å²) in [4.78, 5) is 12.1. The van der Waals surface area contributed by atoms with Crippen LogP contribution >= 0.6 is 0 Å². The third-order valence-electron chi connectivity index (χ3n) is 3.21. The summed E-state index contributed by atoms with van der Waals surface area (Å²) >= 11 is 0. The van der Waals surface area contributed by atoms with E-state index in [-0.39, 0.29) is 5.78 Å². The molecule has 2 rings (SSSR count). The first-order valence-electron chi connectivity index (χ1n) is 6.27. The van der Waals surface area contributed by atoms with Gasteiger partial charge in [-0.2, -0.15) is 0 Å². The Morgan fingerprint density at radius 2 is 2.00 bits per heavy atom. The molecular weight excluding hydrogens is 212 g/mol. The topological polar surface area (TPSA) is 26.3 Å². The molecule has 0 atom stereocenters. The van der Waals surface area contributed by atoms with Crippen molar-refractivity contribution in [2.75, 3.05) is 0 Å². The molecule has 2 heteroatoms. The number of benzene rings is 1.